The van der Waals surface area contributed by atoms with E-state index in [-0.39, 0.29) is 5.82 Å². The number of hydrogen-bond donors (Lipinski definition) is 2. The lowest BCUT2D eigenvalue weighted by atomic mass is 10.3. The van der Waals surface area contributed by atoms with Gasteiger partial charge >= 0.3 is 0 Å². The Labute approximate surface area is 173 Å². The Morgan fingerprint density at radius 3 is 2.69 bits per heavy atom. The summed E-state index contributed by atoms with van der Waals surface area (Å²) in [5, 5.41) is 4.57. The first-order chi connectivity index (χ1) is 14.1. The van der Waals surface area contributed by atoms with E-state index in [1.165, 1.54) is 28.8 Å². The van der Waals surface area contributed by atoms with E-state index in [1.807, 2.05) is 6.08 Å². The molecule has 2 N–H and O–H groups in total. The minimum Gasteiger partial charge on any atom is -0.339 e. The van der Waals surface area contributed by atoms with Gasteiger partial charge in [0.2, 0.25) is 5.95 Å². The topological polar surface area (TPSA) is 71.3 Å². The van der Waals surface area contributed by atoms with Crippen LogP contribution in [-0.4, -0.2) is 58.9 Å². The van der Waals surface area contributed by atoms with Crippen LogP contribution in [0.5, 0.6) is 0 Å². The number of anilines is 3. The van der Waals surface area contributed by atoms with Gasteiger partial charge in [-0.2, -0.15) is 4.98 Å². The van der Waals surface area contributed by atoms with Gasteiger partial charge in [0.15, 0.2) is 10.8 Å². The summed E-state index contributed by atoms with van der Waals surface area (Å²) in [6.07, 6.45) is 3.57. The second kappa shape index (κ2) is 8.71. The van der Waals surface area contributed by atoms with Gasteiger partial charge in [0.1, 0.15) is 11.6 Å². The van der Waals surface area contributed by atoms with Crippen molar-refractivity contribution in [2.45, 2.75) is 5.16 Å². The first-order valence-corrected chi connectivity index (χ1v) is 10.5. The molecule has 1 aliphatic heterocycles. The molecule has 0 bridgehead atoms. The third-order valence-electron chi connectivity index (χ3n) is 4.76. The van der Waals surface area contributed by atoms with Gasteiger partial charge in [0, 0.05) is 17.6 Å². The highest BCUT2D eigenvalue weighted by atomic mass is 32.2. The number of nitrogens with one attached hydrogen (secondary N) is 2. The normalized spacial score (nSPS) is 14.9. The molecule has 1 aromatic carbocycles. The standard InChI is InChI=1S/C20H22FN7S/c1-3-12-29-20-25-17(23-15-6-4-14(21)5-7-15)16-13-22-19(24-18(16)26-20)28-10-8-27(2)9-11-28/h3-7,13H,1,8-12H2,2H3,(H,22,23,24,25,26)/p+1. The molecular weight excluding hydrogens is 389 g/mol. The lowest BCUT2D eigenvalue weighted by molar-refractivity contribution is -0.880. The number of halogens is 1. The van der Waals surface area contributed by atoms with Crippen LogP contribution >= 0.6 is 11.8 Å². The predicted octanol–water partition coefficient (Wildman–Crippen LogP) is 1.92. The lowest BCUT2D eigenvalue weighted by Gasteiger charge is -2.29. The molecule has 0 radical (unpaired) electrons. The highest BCUT2D eigenvalue weighted by molar-refractivity contribution is 7.99. The molecule has 0 aliphatic carbocycles. The summed E-state index contributed by atoms with van der Waals surface area (Å²) in [5.74, 6) is 1.70. The van der Waals surface area contributed by atoms with E-state index in [2.05, 4.69) is 38.8 Å². The number of aromatic nitrogens is 4. The van der Waals surface area contributed by atoms with Crippen LogP contribution in [0.3, 0.4) is 0 Å². The Morgan fingerprint density at radius 1 is 1.21 bits per heavy atom. The number of rotatable bonds is 6. The number of fused-ring (bicyclic) bond motifs is 1. The zero-order valence-electron chi connectivity index (χ0n) is 16.2. The van der Waals surface area contributed by atoms with E-state index >= 15 is 0 Å². The highest BCUT2D eigenvalue weighted by Gasteiger charge is 2.20. The molecule has 9 heteroatoms. The Balaban J connectivity index is 1.70. The fourth-order valence-electron chi connectivity index (χ4n) is 3.09. The Morgan fingerprint density at radius 2 is 1.97 bits per heavy atom. The van der Waals surface area contributed by atoms with Gasteiger partial charge in [0.25, 0.3) is 0 Å². The Kier molecular flexibility index (Phi) is 5.86. The lowest BCUT2D eigenvalue weighted by Crippen LogP contribution is -3.12. The van der Waals surface area contributed by atoms with Gasteiger partial charge in [0.05, 0.1) is 38.6 Å². The summed E-state index contributed by atoms with van der Waals surface area (Å²) < 4.78 is 13.2. The minimum atomic E-state index is -0.285. The van der Waals surface area contributed by atoms with Gasteiger partial charge in [-0.15, -0.1) is 6.58 Å². The van der Waals surface area contributed by atoms with E-state index in [1.54, 1.807) is 18.3 Å². The molecule has 4 rings (SSSR count). The average Bonchev–Trinajstić information content (AvgIpc) is 2.74. The number of quaternary nitrogens is 1. The summed E-state index contributed by atoms with van der Waals surface area (Å²) in [7, 11) is 2.20. The molecule has 0 unspecified atom stereocenters. The third-order valence-corrected chi connectivity index (χ3v) is 5.60. The van der Waals surface area contributed by atoms with Crippen LogP contribution in [0.15, 0.2) is 48.3 Å². The molecule has 1 fully saturated rings. The SMILES string of the molecule is C=CCSc1nc(Nc2ccc(F)cc2)c2cnc(N3CC[NH+](C)CC3)nc2n1. The molecule has 1 aliphatic rings. The van der Waals surface area contributed by atoms with E-state index in [0.717, 1.165) is 37.3 Å². The van der Waals surface area contributed by atoms with Crippen molar-refractivity contribution in [3.05, 3.63) is 48.9 Å². The van der Waals surface area contributed by atoms with Crippen molar-refractivity contribution in [2.75, 3.05) is 49.2 Å². The van der Waals surface area contributed by atoms with E-state index < -0.39 is 0 Å². The number of benzene rings is 1. The van der Waals surface area contributed by atoms with Crippen LogP contribution in [0.25, 0.3) is 11.0 Å². The quantitative estimate of drug-likeness (QED) is 0.364. The van der Waals surface area contributed by atoms with Crippen LogP contribution < -0.4 is 15.1 Å². The fourth-order valence-corrected chi connectivity index (χ4v) is 3.67. The molecule has 3 heterocycles. The Hall–Kier alpha value is -2.78. The number of piperazine rings is 1. The maximum Gasteiger partial charge on any atom is 0.227 e. The molecule has 0 amide bonds. The number of nitrogens with zero attached hydrogens (tertiary/aromatic N) is 5. The number of hydrogen-bond acceptors (Lipinski definition) is 7. The van der Waals surface area contributed by atoms with E-state index in [9.17, 15) is 4.39 Å². The molecule has 3 aromatic rings. The summed E-state index contributed by atoms with van der Waals surface area (Å²) in [5.41, 5.74) is 1.32. The molecular formula is C20H23FN7S+. The van der Waals surface area contributed by atoms with Gasteiger partial charge in [-0.25, -0.2) is 19.3 Å². The van der Waals surface area contributed by atoms with Crippen molar-refractivity contribution in [3.63, 3.8) is 0 Å². The molecule has 7 nitrogen and oxygen atoms in total. The molecule has 0 spiro atoms. The van der Waals surface area contributed by atoms with Crippen molar-refractivity contribution in [3.8, 4) is 0 Å². The summed E-state index contributed by atoms with van der Waals surface area (Å²) >= 11 is 1.49. The molecule has 150 valence electrons. The monoisotopic (exact) mass is 412 g/mol. The maximum atomic E-state index is 13.2. The average molecular weight is 413 g/mol. The van der Waals surface area contributed by atoms with Crippen LogP contribution in [0.1, 0.15) is 0 Å². The van der Waals surface area contributed by atoms with Crippen LogP contribution in [0.2, 0.25) is 0 Å². The second-order valence-electron chi connectivity index (χ2n) is 6.94. The maximum absolute atomic E-state index is 13.2. The second-order valence-corrected chi connectivity index (χ2v) is 7.92. The minimum absolute atomic E-state index is 0.285. The highest BCUT2D eigenvalue weighted by Crippen LogP contribution is 2.27. The largest absolute Gasteiger partial charge is 0.339 e. The third kappa shape index (κ3) is 4.63. The predicted molar refractivity (Wildman–Crippen MR) is 115 cm³/mol. The molecule has 29 heavy (non-hydrogen) atoms. The molecule has 1 saturated heterocycles. The Bertz CT molecular complexity index is 1000. The summed E-state index contributed by atoms with van der Waals surface area (Å²) in [6, 6.07) is 6.15. The summed E-state index contributed by atoms with van der Waals surface area (Å²) in [6.45, 7) is 7.71. The smallest absolute Gasteiger partial charge is 0.227 e. The van der Waals surface area contributed by atoms with Crippen LogP contribution in [0.4, 0.5) is 21.8 Å². The van der Waals surface area contributed by atoms with E-state index in [4.69, 9.17) is 4.98 Å². The van der Waals surface area contributed by atoms with Gasteiger partial charge in [-0.1, -0.05) is 17.8 Å². The molecule has 0 saturated carbocycles. The first-order valence-electron chi connectivity index (χ1n) is 9.49. The van der Waals surface area contributed by atoms with Crippen molar-refractivity contribution >= 4 is 40.2 Å². The molecule has 2 aromatic heterocycles. The number of thioether (sulfide) groups is 1. The molecule has 0 atom stereocenters. The van der Waals surface area contributed by atoms with Crippen molar-refractivity contribution < 1.29 is 9.29 Å². The van der Waals surface area contributed by atoms with E-state index in [0.29, 0.717) is 28.3 Å². The van der Waals surface area contributed by atoms with Gasteiger partial charge in [-0.3, -0.25) is 0 Å². The zero-order chi connectivity index (χ0) is 20.2. The zero-order valence-corrected chi connectivity index (χ0v) is 17.0. The van der Waals surface area contributed by atoms with Crippen molar-refractivity contribution in [1.82, 2.24) is 19.9 Å². The van der Waals surface area contributed by atoms with Crippen molar-refractivity contribution in [2.24, 2.45) is 0 Å². The van der Waals surface area contributed by atoms with Gasteiger partial charge < -0.3 is 15.1 Å². The fraction of sp³-hybridized carbons (Fsp3) is 0.300. The van der Waals surface area contributed by atoms with Crippen molar-refractivity contribution in [1.29, 1.82) is 0 Å². The van der Waals surface area contributed by atoms with Crippen LogP contribution in [0, 0.1) is 5.82 Å². The first kappa shape index (κ1) is 19.5. The van der Waals surface area contributed by atoms with Crippen LogP contribution in [-0.2, 0) is 0 Å². The van der Waals surface area contributed by atoms with Gasteiger partial charge in [-0.05, 0) is 24.3 Å². The summed E-state index contributed by atoms with van der Waals surface area (Å²) in [4.78, 5) is 22.2. The number of likely N-dealkylation sites (N-methyl/N-ethyl adjacent to an activating group) is 1.